The minimum Gasteiger partial charge on any atom is -0.309 e. The fraction of sp³-hybridized carbons (Fsp3) is 0.412. The maximum atomic E-state index is 12.3. The maximum Gasteiger partial charge on any atom is 0.320 e. The van der Waals surface area contributed by atoms with Crippen LogP contribution < -0.4 is 11.1 Å². The van der Waals surface area contributed by atoms with E-state index in [0.717, 1.165) is 24.1 Å². The monoisotopic (exact) mass is 286 g/mol. The number of aromatic nitrogens is 2. The Morgan fingerprint density at radius 2 is 1.86 bits per heavy atom. The smallest absolute Gasteiger partial charge is 0.309 e. The minimum absolute atomic E-state index is 0.458. The third-order valence-electron chi connectivity index (χ3n) is 3.60. The van der Waals surface area contributed by atoms with Crippen molar-refractivity contribution in [2.45, 2.75) is 40.2 Å². The molecule has 2 rings (SSSR count). The van der Waals surface area contributed by atoms with E-state index in [9.17, 15) is 9.59 Å². The van der Waals surface area contributed by atoms with Crippen LogP contribution in [0.2, 0.25) is 0 Å². The van der Waals surface area contributed by atoms with E-state index in [1.54, 1.807) is 12.4 Å². The van der Waals surface area contributed by atoms with Crippen LogP contribution in [0.1, 0.15) is 32.8 Å². The molecule has 0 amide bonds. The lowest BCUT2D eigenvalue weighted by molar-refractivity contribution is 0.503. The van der Waals surface area contributed by atoms with E-state index in [0.29, 0.717) is 12.5 Å². The summed E-state index contributed by atoms with van der Waals surface area (Å²) in [7, 11) is 0. The Labute approximate surface area is 124 Å². The van der Waals surface area contributed by atoms with Gasteiger partial charge < -0.3 is 4.57 Å². The SMILES string of the molecule is CCc1cccc(-n2ccn(CCC(C)C)c(=O)c2=O)c1. The zero-order chi connectivity index (χ0) is 15.4. The van der Waals surface area contributed by atoms with Crippen molar-refractivity contribution in [3.8, 4) is 5.69 Å². The van der Waals surface area contributed by atoms with Gasteiger partial charge >= 0.3 is 11.1 Å². The largest absolute Gasteiger partial charge is 0.320 e. The molecular weight excluding hydrogens is 264 g/mol. The Kier molecular flexibility index (Phi) is 4.78. The van der Waals surface area contributed by atoms with E-state index in [1.165, 1.54) is 9.13 Å². The standard InChI is InChI=1S/C17H22N2O2/c1-4-14-6-5-7-15(12-14)19-11-10-18(9-8-13(2)3)16(20)17(19)21/h5-7,10-13H,4,8-9H2,1-3H3. The molecule has 0 unspecified atom stereocenters. The molecular formula is C17H22N2O2. The molecule has 4 nitrogen and oxygen atoms in total. The van der Waals surface area contributed by atoms with Gasteiger partial charge in [0.2, 0.25) is 0 Å². The van der Waals surface area contributed by atoms with Crippen LogP contribution in [-0.2, 0) is 13.0 Å². The van der Waals surface area contributed by atoms with Crippen molar-refractivity contribution in [1.82, 2.24) is 9.13 Å². The topological polar surface area (TPSA) is 44.0 Å². The summed E-state index contributed by atoms with van der Waals surface area (Å²) in [6.45, 7) is 6.85. The van der Waals surface area contributed by atoms with Gasteiger partial charge in [0.15, 0.2) is 0 Å². The highest BCUT2D eigenvalue weighted by Gasteiger charge is 2.07. The van der Waals surface area contributed by atoms with Crippen molar-refractivity contribution in [3.05, 3.63) is 62.9 Å². The maximum absolute atomic E-state index is 12.3. The summed E-state index contributed by atoms with van der Waals surface area (Å²) in [4.78, 5) is 24.4. The van der Waals surface area contributed by atoms with Gasteiger partial charge in [0.05, 0.1) is 0 Å². The van der Waals surface area contributed by atoms with Crippen LogP contribution in [0.25, 0.3) is 5.69 Å². The normalized spacial score (nSPS) is 11.0. The van der Waals surface area contributed by atoms with E-state index in [2.05, 4.69) is 20.8 Å². The molecule has 0 fully saturated rings. The molecule has 0 spiro atoms. The van der Waals surface area contributed by atoms with E-state index < -0.39 is 11.1 Å². The Bertz CT molecular complexity index is 726. The quantitative estimate of drug-likeness (QED) is 0.793. The highest BCUT2D eigenvalue weighted by atomic mass is 16.2. The van der Waals surface area contributed by atoms with Crippen LogP contribution in [-0.4, -0.2) is 9.13 Å². The third kappa shape index (κ3) is 3.51. The second kappa shape index (κ2) is 6.57. The molecule has 112 valence electrons. The summed E-state index contributed by atoms with van der Waals surface area (Å²) >= 11 is 0. The molecule has 0 aliphatic heterocycles. The number of aryl methyl sites for hydroxylation is 2. The number of hydrogen-bond donors (Lipinski definition) is 0. The third-order valence-corrected chi connectivity index (χ3v) is 3.60. The average Bonchev–Trinajstić information content (AvgIpc) is 2.48. The summed E-state index contributed by atoms with van der Waals surface area (Å²) in [5.74, 6) is 0.501. The van der Waals surface area contributed by atoms with Crippen molar-refractivity contribution < 1.29 is 0 Å². The molecule has 0 N–H and O–H groups in total. The van der Waals surface area contributed by atoms with Crippen LogP contribution >= 0.6 is 0 Å². The Hall–Kier alpha value is -2.10. The van der Waals surface area contributed by atoms with Gasteiger partial charge in [-0.2, -0.15) is 0 Å². The van der Waals surface area contributed by atoms with Crippen molar-refractivity contribution in [2.24, 2.45) is 5.92 Å². The number of hydrogen-bond acceptors (Lipinski definition) is 2. The van der Waals surface area contributed by atoms with Crippen molar-refractivity contribution >= 4 is 0 Å². The molecule has 0 bridgehead atoms. The predicted octanol–water partition coefficient (Wildman–Crippen LogP) is 2.61. The number of nitrogens with zero attached hydrogens (tertiary/aromatic N) is 2. The first-order chi connectivity index (χ1) is 10.0. The summed E-state index contributed by atoms with van der Waals surface area (Å²) < 4.78 is 2.93. The first-order valence-electron chi connectivity index (χ1n) is 7.44. The van der Waals surface area contributed by atoms with Crippen molar-refractivity contribution in [2.75, 3.05) is 0 Å². The minimum atomic E-state index is -0.491. The molecule has 21 heavy (non-hydrogen) atoms. The first-order valence-corrected chi connectivity index (χ1v) is 7.44. The molecule has 1 aromatic heterocycles. The van der Waals surface area contributed by atoms with Gasteiger partial charge in [-0.05, 0) is 36.5 Å². The highest BCUT2D eigenvalue weighted by Crippen LogP contribution is 2.09. The summed E-state index contributed by atoms with van der Waals surface area (Å²) in [6.07, 6.45) is 5.16. The van der Waals surface area contributed by atoms with Gasteiger partial charge in [0.1, 0.15) is 0 Å². The fourth-order valence-corrected chi connectivity index (χ4v) is 2.21. The first kappa shape index (κ1) is 15.3. The summed E-state index contributed by atoms with van der Waals surface area (Å²) in [6, 6.07) is 7.71. The van der Waals surface area contributed by atoms with Crippen LogP contribution in [0, 0.1) is 5.92 Å². The average molecular weight is 286 g/mol. The summed E-state index contributed by atoms with van der Waals surface area (Å²) in [5.41, 5.74) is 0.936. The van der Waals surface area contributed by atoms with Gasteiger partial charge in [-0.1, -0.05) is 32.9 Å². The second-order valence-corrected chi connectivity index (χ2v) is 5.68. The van der Waals surface area contributed by atoms with Gasteiger partial charge in [-0.3, -0.25) is 14.2 Å². The Balaban J connectivity index is 2.41. The lowest BCUT2D eigenvalue weighted by atomic mass is 10.1. The van der Waals surface area contributed by atoms with E-state index in [1.807, 2.05) is 24.3 Å². The molecule has 2 aromatic rings. The molecule has 0 aliphatic carbocycles. The van der Waals surface area contributed by atoms with E-state index in [4.69, 9.17) is 0 Å². The molecule has 0 saturated carbocycles. The van der Waals surface area contributed by atoms with Crippen LogP contribution in [0.5, 0.6) is 0 Å². The van der Waals surface area contributed by atoms with Crippen LogP contribution in [0.3, 0.4) is 0 Å². The molecule has 1 aromatic carbocycles. The molecule has 0 radical (unpaired) electrons. The van der Waals surface area contributed by atoms with E-state index in [-0.39, 0.29) is 0 Å². The molecule has 1 heterocycles. The highest BCUT2D eigenvalue weighted by molar-refractivity contribution is 5.35. The molecule has 0 aliphatic rings. The zero-order valence-electron chi connectivity index (χ0n) is 12.9. The van der Waals surface area contributed by atoms with Crippen molar-refractivity contribution in [3.63, 3.8) is 0 Å². The second-order valence-electron chi connectivity index (χ2n) is 5.68. The number of benzene rings is 1. The molecule has 0 saturated heterocycles. The summed E-state index contributed by atoms with van der Waals surface area (Å²) in [5, 5.41) is 0. The van der Waals surface area contributed by atoms with E-state index >= 15 is 0 Å². The van der Waals surface area contributed by atoms with Crippen LogP contribution in [0.15, 0.2) is 46.2 Å². The molecule has 4 heteroatoms. The number of rotatable bonds is 5. The Morgan fingerprint density at radius 3 is 2.52 bits per heavy atom. The lowest BCUT2D eigenvalue weighted by Crippen LogP contribution is -2.40. The van der Waals surface area contributed by atoms with Gasteiger partial charge in [-0.25, -0.2) is 0 Å². The van der Waals surface area contributed by atoms with Gasteiger partial charge in [0.25, 0.3) is 0 Å². The predicted molar refractivity (Wildman–Crippen MR) is 85.1 cm³/mol. The fourth-order valence-electron chi connectivity index (χ4n) is 2.21. The Morgan fingerprint density at radius 1 is 1.10 bits per heavy atom. The zero-order valence-corrected chi connectivity index (χ0v) is 12.9. The lowest BCUT2D eigenvalue weighted by Gasteiger charge is -2.11. The van der Waals surface area contributed by atoms with Gasteiger partial charge in [0, 0.05) is 24.6 Å². The van der Waals surface area contributed by atoms with Crippen molar-refractivity contribution in [1.29, 1.82) is 0 Å². The van der Waals surface area contributed by atoms with Gasteiger partial charge in [-0.15, -0.1) is 0 Å². The molecule has 0 atom stereocenters. The van der Waals surface area contributed by atoms with Crippen LogP contribution in [0.4, 0.5) is 0 Å².